The lowest BCUT2D eigenvalue weighted by molar-refractivity contribution is 0.888. The van der Waals surface area contributed by atoms with Gasteiger partial charge in [0.15, 0.2) is 10.3 Å². The first-order chi connectivity index (χ1) is 11.4. The summed E-state index contributed by atoms with van der Waals surface area (Å²) in [4.78, 5) is 13.3. The van der Waals surface area contributed by atoms with E-state index in [0.29, 0.717) is 16.1 Å². The van der Waals surface area contributed by atoms with Gasteiger partial charge in [-0.25, -0.2) is 15.0 Å². The molecule has 1 atom stereocenters. The fraction of sp³-hybridized carbons (Fsp3) is 0.267. The van der Waals surface area contributed by atoms with E-state index in [1.54, 1.807) is 6.07 Å². The molecule has 126 valence electrons. The van der Waals surface area contributed by atoms with Crippen LogP contribution in [0.4, 0.5) is 5.82 Å². The predicted molar refractivity (Wildman–Crippen MR) is 106 cm³/mol. The van der Waals surface area contributed by atoms with Gasteiger partial charge in [-0.1, -0.05) is 23.4 Å². The minimum Gasteiger partial charge on any atom is -0.384 e. The van der Waals surface area contributed by atoms with Gasteiger partial charge in [-0.15, -0.1) is 11.8 Å². The molecule has 0 bridgehead atoms. The maximum Gasteiger partial charge on any atom is 0.191 e. The number of aromatic nitrogens is 4. The number of halogens is 2. The average molecular weight is 445 g/mol. The zero-order valence-corrected chi connectivity index (χ0v) is 17.2. The van der Waals surface area contributed by atoms with Gasteiger partial charge in [0.25, 0.3) is 0 Å². The molecule has 0 fully saturated rings. The molecule has 0 saturated carbocycles. The summed E-state index contributed by atoms with van der Waals surface area (Å²) >= 11 is 13.0. The maximum atomic E-state index is 6.38. The van der Waals surface area contributed by atoms with Crippen LogP contribution in [0.5, 0.6) is 0 Å². The van der Waals surface area contributed by atoms with Gasteiger partial charge in [0.05, 0.1) is 16.5 Å². The van der Waals surface area contributed by atoms with Crippen LogP contribution in [0, 0.1) is 0 Å². The minimum absolute atomic E-state index is 0.0375. The molecule has 9 heteroatoms. The van der Waals surface area contributed by atoms with Gasteiger partial charge in [0.2, 0.25) is 0 Å². The highest BCUT2D eigenvalue weighted by molar-refractivity contribution is 9.10. The third-order valence-electron chi connectivity index (χ3n) is 3.50. The molecule has 0 aromatic carbocycles. The number of hydrogen-bond acceptors (Lipinski definition) is 6. The highest BCUT2D eigenvalue weighted by atomic mass is 79.9. The molecular weight excluding hydrogens is 430 g/mol. The minimum atomic E-state index is 0.0375. The number of thioether (sulfide) groups is 2. The fourth-order valence-corrected chi connectivity index (χ4v) is 4.64. The molecule has 0 saturated heterocycles. The van der Waals surface area contributed by atoms with Crippen LogP contribution >= 0.6 is 51.1 Å². The molecule has 1 unspecified atom stereocenters. The summed E-state index contributed by atoms with van der Waals surface area (Å²) < 4.78 is 2.95. The lowest BCUT2D eigenvalue weighted by Gasteiger charge is -2.12. The molecule has 3 rings (SSSR count). The van der Waals surface area contributed by atoms with Crippen molar-refractivity contribution in [3.63, 3.8) is 0 Å². The summed E-state index contributed by atoms with van der Waals surface area (Å²) in [6, 6.07) is 3.81. The zero-order valence-electron chi connectivity index (χ0n) is 13.2. The third kappa shape index (κ3) is 3.51. The van der Waals surface area contributed by atoms with E-state index in [9.17, 15) is 0 Å². The van der Waals surface area contributed by atoms with Crippen molar-refractivity contribution in [2.75, 3.05) is 12.0 Å². The molecular formula is C15H15BrClN5S2. The number of nitrogens with zero attached hydrogens (tertiary/aromatic N) is 4. The molecule has 0 radical (unpaired) electrons. The monoisotopic (exact) mass is 443 g/mol. The van der Waals surface area contributed by atoms with Crippen molar-refractivity contribution >= 4 is 67.8 Å². The predicted octanol–water partition coefficient (Wildman–Crippen LogP) is 4.94. The van der Waals surface area contributed by atoms with Gasteiger partial charge >= 0.3 is 0 Å². The second-order valence-corrected chi connectivity index (χ2v) is 8.55. The summed E-state index contributed by atoms with van der Waals surface area (Å²) in [5.74, 6) is 0.469. The Morgan fingerprint density at radius 3 is 2.75 bits per heavy atom. The number of pyridine rings is 1. The Kier molecular flexibility index (Phi) is 5.29. The summed E-state index contributed by atoms with van der Waals surface area (Å²) in [6.45, 7) is 2.05. The molecule has 0 aliphatic rings. The Labute approximate surface area is 161 Å². The van der Waals surface area contributed by atoms with E-state index < -0.39 is 0 Å². The Morgan fingerprint density at radius 2 is 2.04 bits per heavy atom. The summed E-state index contributed by atoms with van der Waals surface area (Å²) in [6.07, 6.45) is 3.94. The normalized spacial score (nSPS) is 12.7. The molecule has 0 aliphatic carbocycles. The van der Waals surface area contributed by atoms with Crippen LogP contribution in [0.2, 0.25) is 5.15 Å². The number of fused-ring (bicyclic) bond motifs is 1. The molecule has 24 heavy (non-hydrogen) atoms. The van der Waals surface area contributed by atoms with Crippen LogP contribution in [0.25, 0.3) is 10.9 Å². The number of nitrogens with two attached hydrogens (primary N) is 1. The number of nitrogen functional groups attached to an aromatic ring is 1. The van der Waals surface area contributed by atoms with Crippen LogP contribution in [-0.4, -0.2) is 25.8 Å². The van der Waals surface area contributed by atoms with Gasteiger partial charge in [0, 0.05) is 29.2 Å². The summed E-state index contributed by atoms with van der Waals surface area (Å²) in [7, 11) is 1.95. The molecule has 0 aliphatic heterocycles. The van der Waals surface area contributed by atoms with E-state index in [-0.39, 0.29) is 5.25 Å². The zero-order chi connectivity index (χ0) is 17.4. The number of anilines is 1. The van der Waals surface area contributed by atoms with E-state index in [4.69, 9.17) is 17.3 Å². The van der Waals surface area contributed by atoms with Crippen molar-refractivity contribution in [3.8, 4) is 0 Å². The van der Waals surface area contributed by atoms with Crippen LogP contribution in [0.3, 0.4) is 0 Å². The molecule has 3 heterocycles. The summed E-state index contributed by atoms with van der Waals surface area (Å²) in [5, 5.41) is 3.05. The van der Waals surface area contributed by atoms with Crippen molar-refractivity contribution < 1.29 is 0 Å². The Balaban J connectivity index is 1.95. The van der Waals surface area contributed by atoms with Crippen molar-refractivity contribution in [3.05, 3.63) is 33.6 Å². The highest BCUT2D eigenvalue weighted by Gasteiger charge is 2.17. The SMILES string of the molecule is CSc1cc(N)nc(SC(C)c2cc3c(Br)cn(C)c3c(Cl)n2)n1. The lowest BCUT2D eigenvalue weighted by atomic mass is 10.2. The first kappa shape index (κ1) is 17.8. The molecule has 3 aromatic heterocycles. The van der Waals surface area contributed by atoms with Gasteiger partial charge in [-0.05, 0) is 35.2 Å². The van der Waals surface area contributed by atoms with Crippen LogP contribution < -0.4 is 5.73 Å². The molecule has 0 amide bonds. The quantitative estimate of drug-likeness (QED) is 0.266. The van der Waals surface area contributed by atoms with Crippen molar-refractivity contribution in [2.24, 2.45) is 7.05 Å². The Bertz CT molecular complexity index is 915. The second-order valence-electron chi connectivity index (χ2n) is 5.20. The van der Waals surface area contributed by atoms with E-state index in [0.717, 1.165) is 26.1 Å². The summed E-state index contributed by atoms with van der Waals surface area (Å²) in [5.41, 5.74) is 7.63. The van der Waals surface area contributed by atoms with Crippen molar-refractivity contribution in [1.82, 2.24) is 19.5 Å². The lowest BCUT2D eigenvalue weighted by Crippen LogP contribution is -2.00. The van der Waals surface area contributed by atoms with E-state index in [1.165, 1.54) is 23.5 Å². The molecule has 5 nitrogen and oxygen atoms in total. The van der Waals surface area contributed by atoms with E-state index in [2.05, 4.69) is 37.8 Å². The van der Waals surface area contributed by atoms with Crippen molar-refractivity contribution in [2.45, 2.75) is 22.4 Å². The van der Waals surface area contributed by atoms with Gasteiger partial charge in [-0.2, -0.15) is 0 Å². The van der Waals surface area contributed by atoms with Crippen LogP contribution in [0.1, 0.15) is 17.9 Å². The van der Waals surface area contributed by atoms with Crippen LogP contribution in [0.15, 0.2) is 33.0 Å². The molecule has 3 aromatic rings. The third-order valence-corrected chi connectivity index (χ3v) is 6.01. The van der Waals surface area contributed by atoms with Crippen LogP contribution in [-0.2, 0) is 7.05 Å². The first-order valence-electron chi connectivity index (χ1n) is 7.05. The number of hydrogen-bond donors (Lipinski definition) is 1. The maximum absolute atomic E-state index is 6.38. The number of rotatable bonds is 4. The Morgan fingerprint density at radius 1 is 1.29 bits per heavy atom. The Hall–Kier alpha value is -0.960. The van der Waals surface area contributed by atoms with E-state index >= 15 is 0 Å². The van der Waals surface area contributed by atoms with Crippen molar-refractivity contribution in [1.29, 1.82) is 0 Å². The second kappa shape index (κ2) is 7.11. The number of aryl methyl sites for hydroxylation is 1. The fourth-order valence-electron chi connectivity index (χ4n) is 2.35. The average Bonchev–Trinajstić information content (AvgIpc) is 2.81. The smallest absolute Gasteiger partial charge is 0.191 e. The topological polar surface area (TPSA) is 69.6 Å². The highest BCUT2D eigenvalue weighted by Crippen LogP contribution is 2.37. The van der Waals surface area contributed by atoms with E-state index in [1.807, 2.05) is 30.1 Å². The largest absolute Gasteiger partial charge is 0.384 e. The molecule has 2 N–H and O–H groups in total. The standard InChI is InChI=1S/C15H15BrClN5S2/c1-7(24-15-20-11(18)5-12(21-15)23-3)10-4-8-9(16)6-22(2)13(8)14(17)19-10/h4-7H,1-3H3,(H2,18,20,21). The first-order valence-corrected chi connectivity index (χ1v) is 10.3. The molecule has 0 spiro atoms. The van der Waals surface area contributed by atoms with Gasteiger partial charge < -0.3 is 10.3 Å². The van der Waals surface area contributed by atoms with Gasteiger partial charge in [0.1, 0.15) is 10.8 Å². The van der Waals surface area contributed by atoms with Gasteiger partial charge in [-0.3, -0.25) is 0 Å².